The van der Waals surface area contributed by atoms with Crippen molar-refractivity contribution in [1.82, 2.24) is 0 Å². The van der Waals surface area contributed by atoms with Gasteiger partial charge >= 0.3 is 0 Å². The summed E-state index contributed by atoms with van der Waals surface area (Å²) in [7, 11) is 0. The molecule has 3 heteroatoms. The number of para-hydroxylation sites is 1. The second-order valence-electron chi connectivity index (χ2n) is 4.10. The Labute approximate surface area is 89.1 Å². The number of benzene rings is 1. The van der Waals surface area contributed by atoms with Crippen LogP contribution in [0.4, 0.5) is 10.1 Å². The Hall–Kier alpha value is -1.09. The summed E-state index contributed by atoms with van der Waals surface area (Å²) in [5.41, 5.74) is 0.489. The number of anilines is 1. The van der Waals surface area contributed by atoms with Crippen LogP contribution in [0, 0.1) is 11.7 Å². The van der Waals surface area contributed by atoms with Gasteiger partial charge in [-0.1, -0.05) is 18.6 Å². The highest BCUT2D eigenvalue weighted by Crippen LogP contribution is 2.31. The number of rotatable bonds is 4. The smallest absolute Gasteiger partial charge is 0.146 e. The summed E-state index contributed by atoms with van der Waals surface area (Å²) in [4.78, 5) is 0. The second kappa shape index (κ2) is 4.62. The highest BCUT2D eigenvalue weighted by Gasteiger charge is 2.26. The van der Waals surface area contributed by atoms with Gasteiger partial charge in [0, 0.05) is 0 Å². The van der Waals surface area contributed by atoms with E-state index in [1.807, 2.05) is 0 Å². The van der Waals surface area contributed by atoms with Gasteiger partial charge in [-0.3, -0.25) is 0 Å². The van der Waals surface area contributed by atoms with E-state index in [2.05, 4.69) is 5.32 Å². The SMILES string of the molecule is OCC(Nc1ccccc1F)C1CCC1. The Morgan fingerprint density at radius 2 is 2.13 bits per heavy atom. The van der Waals surface area contributed by atoms with Gasteiger partial charge in [0.25, 0.3) is 0 Å². The van der Waals surface area contributed by atoms with Crippen molar-refractivity contribution in [2.45, 2.75) is 25.3 Å². The van der Waals surface area contributed by atoms with Gasteiger partial charge in [0.2, 0.25) is 0 Å². The second-order valence-corrected chi connectivity index (χ2v) is 4.10. The third-order valence-corrected chi connectivity index (χ3v) is 3.13. The maximum Gasteiger partial charge on any atom is 0.146 e. The zero-order valence-electron chi connectivity index (χ0n) is 8.62. The molecule has 1 aliphatic carbocycles. The number of aliphatic hydroxyl groups is 1. The first-order chi connectivity index (χ1) is 7.31. The largest absolute Gasteiger partial charge is 0.394 e. The van der Waals surface area contributed by atoms with Crippen LogP contribution in [0.25, 0.3) is 0 Å². The van der Waals surface area contributed by atoms with Crippen LogP contribution in [0.3, 0.4) is 0 Å². The molecule has 2 N–H and O–H groups in total. The molecule has 82 valence electrons. The molecule has 2 nitrogen and oxygen atoms in total. The summed E-state index contributed by atoms with van der Waals surface area (Å²) in [5.74, 6) is 0.241. The molecule has 1 aromatic rings. The predicted molar refractivity (Wildman–Crippen MR) is 58.2 cm³/mol. The van der Waals surface area contributed by atoms with Crippen LogP contribution in [0.1, 0.15) is 19.3 Å². The van der Waals surface area contributed by atoms with E-state index in [1.54, 1.807) is 18.2 Å². The van der Waals surface area contributed by atoms with Gasteiger partial charge in [-0.05, 0) is 30.9 Å². The van der Waals surface area contributed by atoms with Gasteiger partial charge in [-0.25, -0.2) is 4.39 Å². The van der Waals surface area contributed by atoms with Crippen molar-refractivity contribution >= 4 is 5.69 Å². The fourth-order valence-electron chi connectivity index (χ4n) is 1.93. The van der Waals surface area contributed by atoms with E-state index in [4.69, 9.17) is 0 Å². The molecule has 1 aromatic carbocycles. The Morgan fingerprint density at radius 1 is 1.40 bits per heavy atom. The number of aliphatic hydroxyl groups excluding tert-OH is 1. The molecule has 15 heavy (non-hydrogen) atoms. The molecule has 0 aromatic heterocycles. The number of hydrogen-bond acceptors (Lipinski definition) is 2. The normalized spacial score (nSPS) is 18.3. The standard InChI is InChI=1S/C12H16FNO/c13-10-6-1-2-7-11(10)14-12(8-15)9-4-3-5-9/h1-2,6-7,9,12,14-15H,3-5,8H2. The first-order valence-electron chi connectivity index (χ1n) is 5.43. The van der Waals surface area contributed by atoms with Crippen LogP contribution >= 0.6 is 0 Å². The molecule has 0 spiro atoms. The zero-order valence-corrected chi connectivity index (χ0v) is 8.62. The quantitative estimate of drug-likeness (QED) is 0.798. The average Bonchev–Trinajstić information content (AvgIpc) is 2.17. The molecular weight excluding hydrogens is 193 g/mol. The van der Waals surface area contributed by atoms with E-state index in [-0.39, 0.29) is 18.5 Å². The van der Waals surface area contributed by atoms with Gasteiger partial charge in [-0.15, -0.1) is 0 Å². The van der Waals surface area contributed by atoms with E-state index in [9.17, 15) is 9.50 Å². The third-order valence-electron chi connectivity index (χ3n) is 3.13. The molecule has 0 bridgehead atoms. The highest BCUT2D eigenvalue weighted by atomic mass is 19.1. The predicted octanol–water partition coefficient (Wildman–Crippen LogP) is 2.40. The first-order valence-corrected chi connectivity index (χ1v) is 5.43. The van der Waals surface area contributed by atoms with Gasteiger partial charge < -0.3 is 10.4 Å². The molecule has 1 saturated carbocycles. The van der Waals surface area contributed by atoms with Gasteiger partial charge in [0.15, 0.2) is 0 Å². The Morgan fingerprint density at radius 3 is 2.67 bits per heavy atom. The molecular formula is C12H16FNO. The molecule has 0 heterocycles. The van der Waals surface area contributed by atoms with Crippen molar-refractivity contribution in [3.05, 3.63) is 30.1 Å². The summed E-state index contributed by atoms with van der Waals surface area (Å²) in [6, 6.07) is 6.59. The van der Waals surface area contributed by atoms with Gasteiger partial charge in [0.1, 0.15) is 5.82 Å². The van der Waals surface area contributed by atoms with E-state index in [1.165, 1.54) is 12.5 Å². The summed E-state index contributed by atoms with van der Waals surface area (Å²) < 4.78 is 13.3. The minimum Gasteiger partial charge on any atom is -0.394 e. The molecule has 1 fully saturated rings. The van der Waals surface area contributed by atoms with Crippen LogP contribution in [-0.2, 0) is 0 Å². The summed E-state index contributed by atoms with van der Waals surface area (Å²) in [6.07, 6.45) is 3.49. The van der Waals surface area contributed by atoms with Gasteiger partial charge in [-0.2, -0.15) is 0 Å². The van der Waals surface area contributed by atoms with Crippen LogP contribution < -0.4 is 5.32 Å². The Bertz CT molecular complexity index is 325. The third kappa shape index (κ3) is 2.29. The van der Waals surface area contributed by atoms with Crippen molar-refractivity contribution in [2.75, 3.05) is 11.9 Å². The lowest BCUT2D eigenvalue weighted by Crippen LogP contribution is -2.36. The fraction of sp³-hybridized carbons (Fsp3) is 0.500. The van der Waals surface area contributed by atoms with Crippen molar-refractivity contribution < 1.29 is 9.50 Å². The van der Waals surface area contributed by atoms with Crippen LogP contribution in [0.2, 0.25) is 0 Å². The highest BCUT2D eigenvalue weighted by molar-refractivity contribution is 5.45. The summed E-state index contributed by atoms with van der Waals surface area (Å²) in [5, 5.41) is 12.3. The zero-order chi connectivity index (χ0) is 10.7. The van der Waals surface area contributed by atoms with E-state index >= 15 is 0 Å². The molecule has 0 aliphatic heterocycles. The molecule has 2 rings (SSSR count). The lowest BCUT2D eigenvalue weighted by atomic mass is 9.80. The van der Waals surface area contributed by atoms with E-state index < -0.39 is 0 Å². The Kier molecular flexibility index (Phi) is 3.21. The lowest BCUT2D eigenvalue weighted by Gasteiger charge is -2.33. The molecule has 0 amide bonds. The maximum absolute atomic E-state index is 13.3. The van der Waals surface area contributed by atoms with E-state index in [0.29, 0.717) is 11.6 Å². The van der Waals surface area contributed by atoms with Gasteiger partial charge in [0.05, 0.1) is 18.3 Å². The van der Waals surface area contributed by atoms with Crippen molar-refractivity contribution in [3.8, 4) is 0 Å². The van der Waals surface area contributed by atoms with Crippen molar-refractivity contribution in [2.24, 2.45) is 5.92 Å². The van der Waals surface area contributed by atoms with E-state index in [0.717, 1.165) is 12.8 Å². The molecule has 1 aliphatic rings. The first kappa shape index (κ1) is 10.4. The summed E-state index contributed by atoms with van der Waals surface area (Å²) in [6.45, 7) is 0.0685. The van der Waals surface area contributed by atoms with Crippen molar-refractivity contribution in [1.29, 1.82) is 0 Å². The van der Waals surface area contributed by atoms with Crippen LogP contribution in [0.15, 0.2) is 24.3 Å². The molecule has 1 unspecified atom stereocenters. The fourth-order valence-corrected chi connectivity index (χ4v) is 1.93. The average molecular weight is 209 g/mol. The molecule has 1 atom stereocenters. The number of nitrogens with one attached hydrogen (secondary N) is 1. The van der Waals surface area contributed by atoms with Crippen molar-refractivity contribution in [3.63, 3.8) is 0 Å². The van der Waals surface area contributed by atoms with Crippen LogP contribution in [-0.4, -0.2) is 17.8 Å². The van der Waals surface area contributed by atoms with Crippen LogP contribution in [0.5, 0.6) is 0 Å². The maximum atomic E-state index is 13.3. The lowest BCUT2D eigenvalue weighted by molar-refractivity contribution is 0.187. The monoisotopic (exact) mass is 209 g/mol. The topological polar surface area (TPSA) is 32.3 Å². The summed E-state index contributed by atoms with van der Waals surface area (Å²) >= 11 is 0. The minimum atomic E-state index is -0.254. The molecule has 0 saturated heterocycles. The minimum absolute atomic E-state index is 0.00403. The number of hydrogen-bond donors (Lipinski definition) is 2. The number of halogens is 1. The molecule has 0 radical (unpaired) electrons. The Balaban J connectivity index is 2.02.